The van der Waals surface area contributed by atoms with E-state index in [4.69, 9.17) is 10.5 Å². The monoisotopic (exact) mass is 319 g/mol. The molecule has 1 aromatic rings. The zero-order valence-corrected chi connectivity index (χ0v) is 13.8. The van der Waals surface area contributed by atoms with Crippen molar-refractivity contribution in [2.45, 2.75) is 44.8 Å². The summed E-state index contributed by atoms with van der Waals surface area (Å²) in [5, 5.41) is 6.35. The number of nitrogens with two attached hydrogens (primary N) is 1. The maximum absolute atomic E-state index is 11.6. The van der Waals surface area contributed by atoms with E-state index in [1.807, 2.05) is 30.3 Å². The largest absolute Gasteiger partial charge is 0.445 e. The maximum Gasteiger partial charge on any atom is 0.407 e. The number of rotatable bonds is 8. The molecule has 1 aliphatic carbocycles. The first kappa shape index (κ1) is 17.8. The molecule has 0 unspecified atom stereocenters. The normalized spacial score (nSPS) is 20.9. The van der Waals surface area contributed by atoms with Gasteiger partial charge < -0.3 is 21.1 Å². The van der Waals surface area contributed by atoms with Gasteiger partial charge in [-0.3, -0.25) is 0 Å². The maximum atomic E-state index is 11.6. The van der Waals surface area contributed by atoms with Crippen molar-refractivity contribution >= 4 is 6.09 Å². The summed E-state index contributed by atoms with van der Waals surface area (Å²) in [6.45, 7) is 2.70. The Hall–Kier alpha value is -1.59. The zero-order valence-electron chi connectivity index (χ0n) is 13.8. The molecule has 128 valence electrons. The van der Waals surface area contributed by atoms with Gasteiger partial charge in [0, 0.05) is 12.6 Å². The molecule has 23 heavy (non-hydrogen) atoms. The lowest BCUT2D eigenvalue weighted by atomic mass is 9.86. The molecule has 0 atom stereocenters. The van der Waals surface area contributed by atoms with Gasteiger partial charge in [0.1, 0.15) is 6.61 Å². The van der Waals surface area contributed by atoms with Gasteiger partial charge in [-0.1, -0.05) is 30.3 Å². The fourth-order valence-corrected chi connectivity index (χ4v) is 2.96. The molecule has 0 bridgehead atoms. The molecular weight excluding hydrogens is 290 g/mol. The molecule has 5 heteroatoms. The third-order valence-corrected chi connectivity index (χ3v) is 4.45. The number of amides is 1. The number of carbonyl (C=O) groups is 1. The van der Waals surface area contributed by atoms with Crippen LogP contribution in [0.15, 0.2) is 30.3 Å². The number of nitrogens with one attached hydrogen (secondary N) is 2. The van der Waals surface area contributed by atoms with E-state index in [-0.39, 0.29) is 6.09 Å². The Morgan fingerprint density at radius 3 is 2.57 bits per heavy atom. The third kappa shape index (κ3) is 7.01. The van der Waals surface area contributed by atoms with Gasteiger partial charge in [-0.25, -0.2) is 4.79 Å². The number of ether oxygens (including phenoxy) is 1. The van der Waals surface area contributed by atoms with Crippen LogP contribution in [-0.2, 0) is 11.3 Å². The minimum Gasteiger partial charge on any atom is -0.445 e. The lowest BCUT2D eigenvalue weighted by Crippen LogP contribution is -2.36. The first-order valence-corrected chi connectivity index (χ1v) is 8.66. The second-order valence-corrected chi connectivity index (χ2v) is 6.25. The van der Waals surface area contributed by atoms with Crippen molar-refractivity contribution in [3.05, 3.63) is 35.9 Å². The van der Waals surface area contributed by atoms with Crippen LogP contribution < -0.4 is 16.4 Å². The summed E-state index contributed by atoms with van der Waals surface area (Å²) >= 11 is 0. The van der Waals surface area contributed by atoms with Crippen LogP contribution in [0.5, 0.6) is 0 Å². The van der Waals surface area contributed by atoms with E-state index in [2.05, 4.69) is 10.6 Å². The number of hydrogen-bond acceptors (Lipinski definition) is 4. The standard InChI is InChI=1S/C18H29N3O2/c19-13-15-7-9-17(10-8-15)20-11-4-12-21-18(22)23-14-16-5-2-1-3-6-16/h1-3,5-6,15,17,20H,4,7-14,19H2,(H,21,22). The van der Waals surface area contributed by atoms with E-state index >= 15 is 0 Å². The highest BCUT2D eigenvalue weighted by molar-refractivity contribution is 5.67. The molecule has 0 radical (unpaired) electrons. The molecule has 1 amide bonds. The van der Waals surface area contributed by atoms with Crippen LogP contribution in [0.1, 0.15) is 37.7 Å². The lowest BCUT2D eigenvalue weighted by molar-refractivity contribution is 0.139. The molecule has 1 fully saturated rings. The van der Waals surface area contributed by atoms with Crippen molar-refractivity contribution in [3.8, 4) is 0 Å². The highest BCUT2D eigenvalue weighted by Gasteiger charge is 2.19. The molecule has 0 heterocycles. The third-order valence-electron chi connectivity index (χ3n) is 4.45. The molecule has 0 aliphatic heterocycles. The average Bonchev–Trinajstić information content (AvgIpc) is 2.61. The highest BCUT2D eigenvalue weighted by Crippen LogP contribution is 2.23. The first-order chi connectivity index (χ1) is 11.3. The predicted octanol–water partition coefficient (Wildman–Crippen LogP) is 2.41. The molecule has 1 aliphatic rings. The zero-order chi connectivity index (χ0) is 16.3. The van der Waals surface area contributed by atoms with Crippen LogP contribution in [0.3, 0.4) is 0 Å². The number of hydrogen-bond donors (Lipinski definition) is 3. The molecule has 0 aromatic heterocycles. The molecule has 2 rings (SSSR count). The molecule has 1 saturated carbocycles. The highest BCUT2D eigenvalue weighted by atomic mass is 16.5. The van der Waals surface area contributed by atoms with Gasteiger partial charge in [0.2, 0.25) is 0 Å². The van der Waals surface area contributed by atoms with Crippen LogP contribution in [0.2, 0.25) is 0 Å². The van der Waals surface area contributed by atoms with Crippen molar-refractivity contribution in [1.82, 2.24) is 10.6 Å². The molecular formula is C18H29N3O2. The summed E-state index contributed by atoms with van der Waals surface area (Å²) in [7, 11) is 0. The van der Waals surface area contributed by atoms with E-state index in [1.165, 1.54) is 25.7 Å². The van der Waals surface area contributed by atoms with E-state index in [9.17, 15) is 4.79 Å². The van der Waals surface area contributed by atoms with Gasteiger partial charge in [-0.15, -0.1) is 0 Å². The summed E-state index contributed by atoms with van der Waals surface area (Å²) in [4.78, 5) is 11.6. The van der Waals surface area contributed by atoms with Gasteiger partial charge in [0.15, 0.2) is 0 Å². The Kier molecular flexibility index (Phi) is 7.90. The second kappa shape index (κ2) is 10.2. The van der Waals surface area contributed by atoms with E-state index in [1.54, 1.807) is 0 Å². The molecule has 1 aromatic carbocycles. The van der Waals surface area contributed by atoms with Gasteiger partial charge in [-0.05, 0) is 56.7 Å². The van der Waals surface area contributed by atoms with Crippen molar-refractivity contribution in [2.24, 2.45) is 11.7 Å². The van der Waals surface area contributed by atoms with Gasteiger partial charge in [0.05, 0.1) is 0 Å². The Morgan fingerprint density at radius 2 is 1.87 bits per heavy atom. The summed E-state index contributed by atoms with van der Waals surface area (Å²) in [6, 6.07) is 10.3. The average molecular weight is 319 g/mol. The summed E-state index contributed by atoms with van der Waals surface area (Å²) in [6.07, 6.45) is 5.47. The van der Waals surface area contributed by atoms with Crippen LogP contribution >= 0.6 is 0 Å². The minimum absolute atomic E-state index is 0.315. The van der Waals surface area contributed by atoms with E-state index in [0.717, 1.165) is 25.1 Å². The molecule has 4 N–H and O–H groups in total. The van der Waals surface area contributed by atoms with Gasteiger partial charge >= 0.3 is 6.09 Å². The van der Waals surface area contributed by atoms with Crippen LogP contribution in [-0.4, -0.2) is 31.8 Å². The van der Waals surface area contributed by atoms with Crippen molar-refractivity contribution in [3.63, 3.8) is 0 Å². The number of alkyl carbamates (subject to hydrolysis) is 1. The van der Waals surface area contributed by atoms with E-state index < -0.39 is 0 Å². The molecule has 0 spiro atoms. The molecule has 0 saturated heterocycles. The van der Waals surface area contributed by atoms with Crippen LogP contribution in [0.4, 0.5) is 4.79 Å². The van der Waals surface area contributed by atoms with Crippen molar-refractivity contribution in [1.29, 1.82) is 0 Å². The van der Waals surface area contributed by atoms with Crippen molar-refractivity contribution in [2.75, 3.05) is 19.6 Å². The van der Waals surface area contributed by atoms with Gasteiger partial charge in [-0.2, -0.15) is 0 Å². The fourth-order valence-electron chi connectivity index (χ4n) is 2.96. The first-order valence-electron chi connectivity index (χ1n) is 8.66. The van der Waals surface area contributed by atoms with Gasteiger partial charge in [0.25, 0.3) is 0 Å². The van der Waals surface area contributed by atoms with Crippen molar-refractivity contribution < 1.29 is 9.53 Å². The summed E-state index contributed by atoms with van der Waals surface area (Å²) < 4.78 is 5.17. The Morgan fingerprint density at radius 1 is 1.13 bits per heavy atom. The Balaban J connectivity index is 1.46. The Labute approximate surface area is 139 Å². The topological polar surface area (TPSA) is 76.4 Å². The second-order valence-electron chi connectivity index (χ2n) is 6.25. The predicted molar refractivity (Wildman–Crippen MR) is 92.0 cm³/mol. The lowest BCUT2D eigenvalue weighted by Gasteiger charge is -2.28. The van der Waals surface area contributed by atoms with E-state index in [0.29, 0.717) is 25.1 Å². The fraction of sp³-hybridized carbons (Fsp3) is 0.611. The molecule has 5 nitrogen and oxygen atoms in total. The quantitative estimate of drug-likeness (QED) is 0.643. The van der Waals surface area contributed by atoms with Crippen LogP contribution in [0.25, 0.3) is 0 Å². The summed E-state index contributed by atoms with van der Waals surface area (Å²) in [5.41, 5.74) is 6.70. The SMILES string of the molecule is NCC1CCC(NCCCNC(=O)OCc2ccccc2)CC1. The minimum atomic E-state index is -0.350. The number of carbonyl (C=O) groups excluding carboxylic acids is 1. The summed E-state index contributed by atoms with van der Waals surface area (Å²) in [5.74, 6) is 0.717. The Bertz CT molecular complexity index is 445. The number of benzene rings is 1. The smallest absolute Gasteiger partial charge is 0.407 e. The van der Waals surface area contributed by atoms with Crippen LogP contribution in [0, 0.1) is 5.92 Å².